The fraction of sp³-hybridized carbons (Fsp3) is 0.400. The molecule has 0 aliphatic carbocycles. The molecule has 0 bridgehead atoms. The van der Waals surface area contributed by atoms with Crippen molar-refractivity contribution in [1.29, 1.82) is 0 Å². The van der Waals surface area contributed by atoms with Gasteiger partial charge in [0, 0.05) is 12.2 Å². The van der Waals surface area contributed by atoms with E-state index < -0.39 is 11.6 Å². The van der Waals surface area contributed by atoms with Gasteiger partial charge in [0.15, 0.2) is 0 Å². The van der Waals surface area contributed by atoms with E-state index in [0.717, 1.165) is 0 Å². The Morgan fingerprint density at radius 2 is 1.93 bits per heavy atom. The third-order valence-electron chi connectivity index (χ3n) is 1.97. The second-order valence-electron chi connectivity index (χ2n) is 3.00. The normalized spacial score (nSPS) is 10.6. The monoisotopic (exact) mass is 264 g/mol. The van der Waals surface area contributed by atoms with Crippen LogP contribution in [0, 0.1) is 11.6 Å². The summed E-state index contributed by atoms with van der Waals surface area (Å²) in [5, 5.41) is 8.54. The number of aliphatic hydroxyl groups excluding tert-OH is 1. The smallest absolute Gasteiger partial charge is 0.143 e. The number of unbranched alkanes of at least 4 members (excludes halogenated alkanes) is 1. The molecular formula is C10H11BrF2O. The summed E-state index contributed by atoms with van der Waals surface area (Å²) in [5.41, 5.74) is 0.0906. The van der Waals surface area contributed by atoms with Crippen molar-refractivity contribution in [2.75, 3.05) is 6.61 Å². The second kappa shape index (κ2) is 5.41. The lowest BCUT2D eigenvalue weighted by Gasteiger charge is -2.05. The average molecular weight is 265 g/mol. The Balaban J connectivity index is 2.79. The van der Waals surface area contributed by atoms with Crippen molar-refractivity contribution in [2.45, 2.75) is 19.3 Å². The molecule has 0 spiro atoms. The lowest BCUT2D eigenvalue weighted by atomic mass is 10.1. The van der Waals surface area contributed by atoms with E-state index in [2.05, 4.69) is 15.9 Å². The Morgan fingerprint density at radius 3 is 2.57 bits per heavy atom. The summed E-state index contributed by atoms with van der Waals surface area (Å²) in [4.78, 5) is 0. The summed E-state index contributed by atoms with van der Waals surface area (Å²) in [6.45, 7) is 0.0528. The molecule has 1 aromatic rings. The number of rotatable bonds is 4. The van der Waals surface area contributed by atoms with Crippen LogP contribution in [0.2, 0.25) is 0 Å². The highest BCUT2D eigenvalue weighted by Gasteiger charge is 2.11. The lowest BCUT2D eigenvalue weighted by Crippen LogP contribution is -1.97. The average Bonchev–Trinajstić information content (AvgIpc) is 2.18. The Kier molecular flexibility index (Phi) is 4.48. The van der Waals surface area contributed by atoms with Gasteiger partial charge in [0.25, 0.3) is 0 Å². The zero-order valence-corrected chi connectivity index (χ0v) is 9.15. The highest BCUT2D eigenvalue weighted by molar-refractivity contribution is 9.10. The Hall–Kier alpha value is -0.480. The van der Waals surface area contributed by atoms with E-state index in [1.807, 2.05) is 0 Å². The van der Waals surface area contributed by atoms with Crippen molar-refractivity contribution in [3.63, 3.8) is 0 Å². The summed E-state index contributed by atoms with van der Waals surface area (Å²) in [7, 11) is 0. The van der Waals surface area contributed by atoms with Crippen LogP contribution < -0.4 is 0 Å². The van der Waals surface area contributed by atoms with Crippen molar-refractivity contribution in [1.82, 2.24) is 0 Å². The molecule has 14 heavy (non-hydrogen) atoms. The van der Waals surface area contributed by atoms with Crippen LogP contribution in [-0.2, 0) is 6.42 Å². The van der Waals surface area contributed by atoms with Crippen LogP contribution in [0.25, 0.3) is 0 Å². The molecule has 1 aromatic carbocycles. The fourth-order valence-electron chi connectivity index (χ4n) is 1.21. The zero-order chi connectivity index (χ0) is 10.6. The second-order valence-corrected chi connectivity index (χ2v) is 3.86. The summed E-state index contributed by atoms with van der Waals surface area (Å²) in [6.07, 6.45) is 1.46. The van der Waals surface area contributed by atoms with E-state index in [-0.39, 0.29) is 16.6 Å². The van der Waals surface area contributed by atoms with Crippen LogP contribution in [0.1, 0.15) is 18.4 Å². The predicted molar refractivity (Wildman–Crippen MR) is 54.1 cm³/mol. The minimum atomic E-state index is -0.539. The van der Waals surface area contributed by atoms with Gasteiger partial charge in [0.1, 0.15) is 11.6 Å². The van der Waals surface area contributed by atoms with Gasteiger partial charge in [0.05, 0.1) is 4.47 Å². The van der Waals surface area contributed by atoms with Gasteiger partial charge in [0.2, 0.25) is 0 Å². The van der Waals surface area contributed by atoms with Gasteiger partial charge >= 0.3 is 0 Å². The maximum absolute atomic E-state index is 13.3. The van der Waals surface area contributed by atoms with Crippen LogP contribution in [0.15, 0.2) is 16.6 Å². The molecule has 0 amide bonds. The molecule has 0 aliphatic rings. The minimum Gasteiger partial charge on any atom is -0.396 e. The Labute approximate surface area is 89.9 Å². The number of aliphatic hydroxyl groups is 1. The molecular weight excluding hydrogens is 254 g/mol. The van der Waals surface area contributed by atoms with E-state index in [1.54, 1.807) is 0 Å². The molecule has 0 aromatic heterocycles. The van der Waals surface area contributed by atoms with Gasteiger partial charge < -0.3 is 5.11 Å². The van der Waals surface area contributed by atoms with Crippen LogP contribution >= 0.6 is 15.9 Å². The van der Waals surface area contributed by atoms with Gasteiger partial charge in [-0.25, -0.2) is 8.78 Å². The number of hydrogen-bond acceptors (Lipinski definition) is 1. The number of benzene rings is 1. The largest absolute Gasteiger partial charge is 0.396 e. The van der Waals surface area contributed by atoms with Crippen molar-refractivity contribution in [2.24, 2.45) is 0 Å². The fourth-order valence-corrected chi connectivity index (χ4v) is 1.58. The molecule has 1 N–H and O–H groups in total. The van der Waals surface area contributed by atoms with E-state index in [0.29, 0.717) is 19.3 Å². The Morgan fingerprint density at radius 1 is 1.21 bits per heavy atom. The molecule has 0 atom stereocenters. The Bertz CT molecular complexity index is 315. The van der Waals surface area contributed by atoms with Gasteiger partial charge in [-0.15, -0.1) is 0 Å². The third kappa shape index (κ3) is 2.75. The summed E-state index contributed by atoms with van der Waals surface area (Å²) < 4.78 is 26.8. The van der Waals surface area contributed by atoms with Gasteiger partial charge in [-0.1, -0.05) is 0 Å². The minimum absolute atomic E-state index is 0.0528. The third-order valence-corrected chi connectivity index (χ3v) is 2.59. The maximum atomic E-state index is 13.3. The molecule has 0 unspecified atom stereocenters. The van der Waals surface area contributed by atoms with Crippen LogP contribution in [0.4, 0.5) is 8.78 Å². The topological polar surface area (TPSA) is 20.2 Å². The molecule has 78 valence electrons. The van der Waals surface area contributed by atoms with Crippen LogP contribution in [0.3, 0.4) is 0 Å². The van der Waals surface area contributed by atoms with Gasteiger partial charge in [-0.05, 0) is 47.3 Å². The predicted octanol–water partition coefficient (Wildman–Crippen LogP) is 3.04. The molecule has 0 fully saturated rings. The van der Waals surface area contributed by atoms with Gasteiger partial charge in [-0.3, -0.25) is 0 Å². The highest BCUT2D eigenvalue weighted by atomic mass is 79.9. The summed E-state index contributed by atoms with van der Waals surface area (Å²) >= 11 is 3.00. The first-order valence-electron chi connectivity index (χ1n) is 4.40. The van der Waals surface area contributed by atoms with Gasteiger partial charge in [-0.2, -0.15) is 0 Å². The maximum Gasteiger partial charge on any atom is 0.143 e. The van der Waals surface area contributed by atoms with E-state index in [4.69, 9.17) is 5.11 Å². The molecule has 0 saturated carbocycles. The van der Waals surface area contributed by atoms with Crippen molar-refractivity contribution >= 4 is 15.9 Å². The molecule has 0 saturated heterocycles. The molecule has 4 heteroatoms. The summed E-state index contributed by atoms with van der Waals surface area (Å²) in [6, 6.07) is 2.58. The molecule has 1 nitrogen and oxygen atoms in total. The number of halogens is 3. The SMILES string of the molecule is OCCCCc1c(F)ccc(Br)c1F. The molecule has 0 aliphatic heterocycles. The molecule has 1 rings (SSSR count). The first-order chi connectivity index (χ1) is 6.66. The highest BCUT2D eigenvalue weighted by Crippen LogP contribution is 2.22. The molecule has 0 heterocycles. The van der Waals surface area contributed by atoms with Crippen molar-refractivity contribution in [3.05, 3.63) is 33.8 Å². The quantitative estimate of drug-likeness (QED) is 0.655. The lowest BCUT2D eigenvalue weighted by molar-refractivity contribution is 0.284. The van der Waals surface area contributed by atoms with Crippen LogP contribution in [-0.4, -0.2) is 11.7 Å². The van der Waals surface area contributed by atoms with E-state index in [1.165, 1.54) is 12.1 Å². The molecule has 0 radical (unpaired) electrons. The number of hydrogen-bond donors (Lipinski definition) is 1. The van der Waals surface area contributed by atoms with E-state index >= 15 is 0 Å². The van der Waals surface area contributed by atoms with Crippen molar-refractivity contribution in [3.8, 4) is 0 Å². The first-order valence-corrected chi connectivity index (χ1v) is 5.19. The summed E-state index contributed by atoms with van der Waals surface area (Å²) in [5.74, 6) is -1.06. The zero-order valence-electron chi connectivity index (χ0n) is 7.56. The van der Waals surface area contributed by atoms with E-state index in [9.17, 15) is 8.78 Å². The first kappa shape index (κ1) is 11.6. The van der Waals surface area contributed by atoms with Crippen molar-refractivity contribution < 1.29 is 13.9 Å². The standard InChI is InChI=1S/C10H11BrF2O/c11-8-4-5-9(12)7(10(8)13)3-1-2-6-14/h4-5,14H,1-3,6H2. The van der Waals surface area contributed by atoms with Crippen LogP contribution in [0.5, 0.6) is 0 Å².